The summed E-state index contributed by atoms with van der Waals surface area (Å²) in [6.45, 7) is 4.03. The van der Waals surface area contributed by atoms with E-state index in [0.717, 1.165) is 16.8 Å². The van der Waals surface area contributed by atoms with E-state index in [9.17, 15) is 9.18 Å². The Morgan fingerprint density at radius 1 is 0.960 bits per heavy atom. The molecule has 6 heteroatoms. The van der Waals surface area contributed by atoms with Gasteiger partial charge in [-0.1, -0.05) is 18.2 Å². The molecule has 0 saturated heterocycles. The van der Waals surface area contributed by atoms with Crippen molar-refractivity contribution in [3.05, 3.63) is 77.2 Å². The molecule has 0 aliphatic carbocycles. The normalized spacial score (nSPS) is 10.4. The smallest absolute Gasteiger partial charge is 0.276 e. The van der Waals surface area contributed by atoms with Crippen LogP contribution in [0.5, 0.6) is 0 Å². The van der Waals surface area contributed by atoms with Crippen LogP contribution in [0, 0.1) is 19.7 Å². The summed E-state index contributed by atoms with van der Waals surface area (Å²) in [6.07, 6.45) is 0. The molecule has 0 spiro atoms. The van der Waals surface area contributed by atoms with Gasteiger partial charge in [0.05, 0.1) is 5.69 Å². The highest BCUT2D eigenvalue weighted by molar-refractivity contribution is 6.02. The first-order chi connectivity index (χ1) is 12.0. The van der Waals surface area contributed by atoms with Crippen LogP contribution < -0.4 is 10.6 Å². The second-order valence-corrected chi connectivity index (χ2v) is 5.74. The van der Waals surface area contributed by atoms with Gasteiger partial charge in [0.2, 0.25) is 0 Å². The van der Waals surface area contributed by atoms with E-state index in [4.69, 9.17) is 0 Å². The zero-order valence-electron chi connectivity index (χ0n) is 13.9. The van der Waals surface area contributed by atoms with E-state index in [-0.39, 0.29) is 11.4 Å². The zero-order chi connectivity index (χ0) is 17.8. The summed E-state index contributed by atoms with van der Waals surface area (Å²) < 4.78 is 13.6. The Hall–Kier alpha value is -3.28. The van der Waals surface area contributed by atoms with Crippen molar-refractivity contribution in [1.82, 2.24) is 10.2 Å². The molecule has 0 aliphatic rings. The summed E-state index contributed by atoms with van der Waals surface area (Å²) in [5.74, 6) is -0.500. The number of carbonyl (C=O) groups excluding carboxylic acids is 1. The summed E-state index contributed by atoms with van der Waals surface area (Å²) in [7, 11) is 0. The van der Waals surface area contributed by atoms with Gasteiger partial charge in [-0.05, 0) is 61.4 Å². The molecule has 126 valence electrons. The number of aryl methyl sites for hydroxylation is 2. The number of para-hydroxylation sites is 1. The lowest BCUT2D eigenvalue weighted by atomic mass is 10.1. The Bertz CT molecular complexity index is 889. The molecule has 0 saturated carbocycles. The van der Waals surface area contributed by atoms with Crippen LogP contribution in [-0.2, 0) is 0 Å². The molecule has 25 heavy (non-hydrogen) atoms. The molecule has 0 unspecified atom stereocenters. The van der Waals surface area contributed by atoms with Gasteiger partial charge in [0, 0.05) is 5.69 Å². The van der Waals surface area contributed by atoms with Crippen LogP contribution in [0.2, 0.25) is 0 Å². The van der Waals surface area contributed by atoms with E-state index in [1.54, 1.807) is 18.2 Å². The first-order valence-electron chi connectivity index (χ1n) is 7.76. The fourth-order valence-electron chi connectivity index (χ4n) is 2.46. The van der Waals surface area contributed by atoms with Gasteiger partial charge in [-0.25, -0.2) is 4.39 Å². The first kappa shape index (κ1) is 16.6. The van der Waals surface area contributed by atoms with Crippen LogP contribution in [0.15, 0.2) is 54.6 Å². The van der Waals surface area contributed by atoms with Gasteiger partial charge in [-0.2, -0.15) is 0 Å². The number of halogens is 1. The molecule has 0 aliphatic heterocycles. The molecule has 1 heterocycles. The van der Waals surface area contributed by atoms with E-state index in [2.05, 4.69) is 26.9 Å². The first-order valence-corrected chi connectivity index (χ1v) is 7.76. The fraction of sp³-hybridized carbons (Fsp3) is 0.105. The van der Waals surface area contributed by atoms with Crippen LogP contribution in [0.1, 0.15) is 21.6 Å². The van der Waals surface area contributed by atoms with Gasteiger partial charge in [0.1, 0.15) is 5.82 Å². The molecule has 0 atom stereocenters. The molecular weight excluding hydrogens is 319 g/mol. The number of benzene rings is 2. The molecule has 5 nitrogen and oxygen atoms in total. The van der Waals surface area contributed by atoms with E-state index in [0.29, 0.717) is 5.82 Å². The number of aromatic nitrogens is 2. The average molecular weight is 336 g/mol. The number of nitrogens with one attached hydrogen (secondary N) is 2. The van der Waals surface area contributed by atoms with Crippen LogP contribution in [0.25, 0.3) is 0 Å². The molecule has 2 aromatic carbocycles. The highest BCUT2D eigenvalue weighted by Gasteiger charge is 2.11. The maximum atomic E-state index is 13.6. The largest absolute Gasteiger partial charge is 0.339 e. The molecule has 0 fully saturated rings. The second-order valence-electron chi connectivity index (χ2n) is 5.74. The summed E-state index contributed by atoms with van der Waals surface area (Å²) >= 11 is 0. The number of hydrogen-bond acceptors (Lipinski definition) is 4. The topological polar surface area (TPSA) is 66.9 Å². The monoisotopic (exact) mass is 336 g/mol. The molecule has 0 bridgehead atoms. The third-order valence-corrected chi connectivity index (χ3v) is 3.51. The lowest BCUT2D eigenvalue weighted by molar-refractivity contribution is 0.102. The highest BCUT2D eigenvalue weighted by Crippen LogP contribution is 2.18. The minimum Gasteiger partial charge on any atom is -0.339 e. The summed E-state index contributed by atoms with van der Waals surface area (Å²) in [5.41, 5.74) is 3.38. The standard InChI is InChI=1S/C19H17FN4O/c1-12-9-13(2)11-14(10-12)21-18-8-7-17(23-24-18)19(25)22-16-6-4-3-5-15(16)20/h3-11H,1-2H3,(H,21,24)(H,22,25). The Morgan fingerprint density at radius 2 is 1.68 bits per heavy atom. The minimum absolute atomic E-state index is 0.103. The lowest BCUT2D eigenvalue weighted by Crippen LogP contribution is -2.15. The summed E-state index contributed by atoms with van der Waals surface area (Å²) in [5, 5.41) is 13.5. The Labute approximate surface area is 144 Å². The molecule has 2 N–H and O–H groups in total. The number of anilines is 3. The maximum absolute atomic E-state index is 13.6. The van der Waals surface area contributed by atoms with Crippen molar-refractivity contribution in [2.24, 2.45) is 0 Å². The number of carbonyl (C=O) groups is 1. The third kappa shape index (κ3) is 4.17. The Morgan fingerprint density at radius 3 is 2.32 bits per heavy atom. The number of hydrogen-bond donors (Lipinski definition) is 2. The fourth-order valence-corrected chi connectivity index (χ4v) is 2.46. The molecular formula is C19H17FN4O. The molecule has 1 aromatic heterocycles. The number of amides is 1. The van der Waals surface area contributed by atoms with Crippen LogP contribution in [-0.4, -0.2) is 16.1 Å². The molecule has 0 radical (unpaired) electrons. The van der Waals surface area contributed by atoms with Crippen LogP contribution in [0.3, 0.4) is 0 Å². The Kier molecular flexibility index (Phi) is 4.70. The van der Waals surface area contributed by atoms with Gasteiger partial charge >= 0.3 is 0 Å². The van der Waals surface area contributed by atoms with Crippen molar-refractivity contribution >= 4 is 23.1 Å². The highest BCUT2D eigenvalue weighted by atomic mass is 19.1. The minimum atomic E-state index is -0.518. The van der Waals surface area contributed by atoms with Gasteiger partial charge in [-0.15, -0.1) is 10.2 Å². The van der Waals surface area contributed by atoms with Crippen molar-refractivity contribution < 1.29 is 9.18 Å². The molecule has 1 amide bonds. The average Bonchev–Trinajstić information content (AvgIpc) is 2.56. The van der Waals surface area contributed by atoms with Gasteiger partial charge < -0.3 is 10.6 Å². The van der Waals surface area contributed by atoms with Crippen molar-refractivity contribution in [3.8, 4) is 0 Å². The second kappa shape index (κ2) is 7.09. The SMILES string of the molecule is Cc1cc(C)cc(Nc2ccc(C(=O)Nc3ccccc3F)nn2)c1. The zero-order valence-corrected chi connectivity index (χ0v) is 13.9. The van der Waals surface area contributed by atoms with Crippen molar-refractivity contribution in [3.63, 3.8) is 0 Å². The van der Waals surface area contributed by atoms with E-state index in [1.165, 1.54) is 18.2 Å². The predicted octanol–water partition coefficient (Wildman–Crippen LogP) is 4.23. The van der Waals surface area contributed by atoms with Gasteiger partial charge in [0.25, 0.3) is 5.91 Å². The van der Waals surface area contributed by atoms with Crippen LogP contribution in [0.4, 0.5) is 21.6 Å². The number of nitrogens with zero attached hydrogens (tertiary/aromatic N) is 2. The lowest BCUT2D eigenvalue weighted by Gasteiger charge is -2.08. The quantitative estimate of drug-likeness (QED) is 0.748. The summed E-state index contributed by atoms with van der Waals surface area (Å²) in [4.78, 5) is 12.1. The van der Waals surface area contributed by atoms with Gasteiger partial charge in [0.15, 0.2) is 11.5 Å². The van der Waals surface area contributed by atoms with Crippen molar-refractivity contribution in [2.45, 2.75) is 13.8 Å². The molecule has 3 rings (SSSR count). The van der Waals surface area contributed by atoms with Gasteiger partial charge in [-0.3, -0.25) is 4.79 Å². The predicted molar refractivity (Wildman–Crippen MR) is 95.6 cm³/mol. The van der Waals surface area contributed by atoms with Crippen LogP contribution >= 0.6 is 0 Å². The summed E-state index contributed by atoms with van der Waals surface area (Å²) in [6, 6.07) is 15.2. The third-order valence-electron chi connectivity index (χ3n) is 3.51. The molecule has 3 aromatic rings. The van der Waals surface area contributed by atoms with Crippen molar-refractivity contribution in [1.29, 1.82) is 0 Å². The van der Waals surface area contributed by atoms with Crippen molar-refractivity contribution in [2.75, 3.05) is 10.6 Å². The van der Waals surface area contributed by atoms with E-state index >= 15 is 0 Å². The maximum Gasteiger partial charge on any atom is 0.276 e. The van der Waals surface area contributed by atoms with E-state index < -0.39 is 11.7 Å². The number of rotatable bonds is 4. The Balaban J connectivity index is 1.71. The van der Waals surface area contributed by atoms with E-state index in [1.807, 2.05) is 26.0 Å².